The standard InChI is InChI=1S/C25H24F4N4O6/c1-24(36,10-37-19-4-13(39-22(34)25(27,28)29)5-20-21(19)31-11-38-20)8-12-9-30-3-2-14(12)15-6-17-18(7-16(15)26)33-23(35)32-17/h4-7,11-12,14,30,36H,2-3,8-10H2,1H3,(H2,32,33,35)/t12?,14?,24-/m0/s1. The van der Waals surface area contributed by atoms with E-state index in [-0.39, 0.29) is 41.7 Å². The molecule has 1 saturated heterocycles. The molecule has 4 aromatic rings. The third-order valence-corrected chi connectivity index (χ3v) is 6.70. The van der Waals surface area contributed by atoms with Crippen molar-refractivity contribution in [2.24, 2.45) is 5.92 Å². The SMILES string of the molecule is C[C@@](O)(COc1cc(OC(=O)C(F)(F)F)cc2ocnc12)CC1CNCCC1c1cc2[nH]c(=O)[nH]c2cc1F. The second-order valence-corrected chi connectivity index (χ2v) is 9.86. The van der Waals surface area contributed by atoms with Crippen LogP contribution in [0.15, 0.2) is 39.9 Å². The van der Waals surface area contributed by atoms with E-state index in [1.807, 2.05) is 0 Å². The van der Waals surface area contributed by atoms with Gasteiger partial charge in [-0.15, -0.1) is 0 Å². The number of hydrogen-bond donors (Lipinski definition) is 4. The molecule has 3 atom stereocenters. The van der Waals surface area contributed by atoms with Crippen LogP contribution in [0.5, 0.6) is 11.5 Å². The number of carbonyl (C=O) groups is 1. The number of aromatic nitrogens is 3. The monoisotopic (exact) mass is 552 g/mol. The predicted molar refractivity (Wildman–Crippen MR) is 129 cm³/mol. The molecule has 1 fully saturated rings. The van der Waals surface area contributed by atoms with E-state index in [1.165, 1.54) is 13.0 Å². The number of nitrogens with one attached hydrogen (secondary N) is 3. The number of fused-ring (bicyclic) bond motifs is 2. The number of ether oxygens (including phenoxy) is 2. The smallest absolute Gasteiger partial charge is 0.488 e. The van der Waals surface area contributed by atoms with Gasteiger partial charge in [0, 0.05) is 12.1 Å². The molecule has 3 heterocycles. The van der Waals surface area contributed by atoms with Crippen molar-refractivity contribution >= 4 is 28.1 Å². The summed E-state index contributed by atoms with van der Waals surface area (Å²) in [4.78, 5) is 32.1. The maximum absolute atomic E-state index is 15.0. The van der Waals surface area contributed by atoms with Crippen molar-refractivity contribution in [2.75, 3.05) is 19.7 Å². The Bertz CT molecular complexity index is 1570. The summed E-state index contributed by atoms with van der Waals surface area (Å²) in [5, 5.41) is 14.5. The highest BCUT2D eigenvalue weighted by molar-refractivity contribution is 5.84. The normalized spacial score (nSPS) is 19.7. The molecule has 2 aromatic heterocycles. The minimum Gasteiger partial charge on any atom is -0.488 e. The summed E-state index contributed by atoms with van der Waals surface area (Å²) in [5.74, 6) is -3.90. The number of alkyl halides is 3. The lowest BCUT2D eigenvalue weighted by Crippen LogP contribution is -2.42. The van der Waals surface area contributed by atoms with E-state index in [1.54, 1.807) is 6.07 Å². The van der Waals surface area contributed by atoms with Crippen LogP contribution in [0.3, 0.4) is 0 Å². The summed E-state index contributed by atoms with van der Waals surface area (Å²) < 4.78 is 68.3. The summed E-state index contributed by atoms with van der Waals surface area (Å²) in [5.41, 5.74) is -0.472. The zero-order valence-electron chi connectivity index (χ0n) is 20.5. The second-order valence-electron chi connectivity index (χ2n) is 9.86. The number of halogens is 4. The lowest BCUT2D eigenvalue weighted by Gasteiger charge is -2.37. The molecule has 1 aliphatic rings. The molecule has 0 amide bonds. The van der Waals surface area contributed by atoms with Gasteiger partial charge in [0.2, 0.25) is 0 Å². The van der Waals surface area contributed by atoms with Crippen molar-refractivity contribution in [2.45, 2.75) is 37.5 Å². The van der Waals surface area contributed by atoms with Crippen molar-refractivity contribution in [3.05, 3.63) is 52.5 Å². The number of piperidine rings is 1. The fraction of sp³-hybridized carbons (Fsp3) is 0.400. The summed E-state index contributed by atoms with van der Waals surface area (Å²) in [6, 6.07) is 4.99. The number of esters is 1. The number of carbonyl (C=O) groups excluding carboxylic acids is 1. The summed E-state index contributed by atoms with van der Waals surface area (Å²) in [6.45, 7) is 2.34. The molecule has 5 rings (SSSR count). The lowest BCUT2D eigenvalue weighted by atomic mass is 9.75. The molecule has 0 bridgehead atoms. The Labute approximate surface area is 217 Å². The van der Waals surface area contributed by atoms with Crippen LogP contribution in [0.25, 0.3) is 22.1 Å². The number of nitrogens with zero attached hydrogens (tertiary/aromatic N) is 1. The highest BCUT2D eigenvalue weighted by Gasteiger charge is 2.41. The predicted octanol–water partition coefficient (Wildman–Crippen LogP) is 3.52. The van der Waals surface area contributed by atoms with Crippen LogP contribution in [0.4, 0.5) is 17.6 Å². The van der Waals surface area contributed by atoms with Crippen LogP contribution in [0, 0.1) is 11.7 Å². The minimum absolute atomic E-state index is 0.0160. The molecule has 14 heteroatoms. The number of imidazole rings is 1. The number of rotatable bonds is 7. The van der Waals surface area contributed by atoms with Crippen molar-refractivity contribution in [1.82, 2.24) is 20.3 Å². The number of benzene rings is 2. The third-order valence-electron chi connectivity index (χ3n) is 6.70. The Morgan fingerprint density at radius 1 is 1.21 bits per heavy atom. The lowest BCUT2D eigenvalue weighted by molar-refractivity contribution is -0.189. The molecular weight excluding hydrogens is 528 g/mol. The molecule has 1 aliphatic heterocycles. The van der Waals surface area contributed by atoms with Crippen LogP contribution in [-0.2, 0) is 4.79 Å². The van der Waals surface area contributed by atoms with Crippen molar-refractivity contribution in [3.8, 4) is 11.5 Å². The Balaban J connectivity index is 1.34. The summed E-state index contributed by atoms with van der Waals surface area (Å²) >= 11 is 0. The largest absolute Gasteiger partial charge is 0.491 e. The third kappa shape index (κ3) is 5.76. The van der Waals surface area contributed by atoms with E-state index in [9.17, 15) is 27.9 Å². The molecule has 2 aromatic carbocycles. The number of hydrogen-bond acceptors (Lipinski definition) is 8. The van der Waals surface area contributed by atoms with Gasteiger partial charge < -0.3 is 34.3 Å². The molecule has 10 nitrogen and oxygen atoms in total. The molecule has 0 spiro atoms. The first-order valence-corrected chi connectivity index (χ1v) is 12.0. The zero-order chi connectivity index (χ0) is 27.9. The highest BCUT2D eigenvalue weighted by Crippen LogP contribution is 2.38. The van der Waals surface area contributed by atoms with Gasteiger partial charge in [0.05, 0.1) is 16.6 Å². The first-order chi connectivity index (χ1) is 18.4. The van der Waals surface area contributed by atoms with E-state index in [0.717, 1.165) is 18.5 Å². The summed E-state index contributed by atoms with van der Waals surface area (Å²) in [7, 11) is 0. The number of oxazole rings is 1. The topological polar surface area (TPSA) is 142 Å². The molecule has 0 saturated carbocycles. The fourth-order valence-corrected chi connectivity index (χ4v) is 5.01. The molecule has 208 valence electrons. The molecular formula is C25H24F4N4O6. The van der Waals surface area contributed by atoms with Crippen molar-refractivity contribution < 1.29 is 41.4 Å². The van der Waals surface area contributed by atoms with E-state index < -0.39 is 35.0 Å². The van der Waals surface area contributed by atoms with Crippen LogP contribution in [-0.4, -0.2) is 57.5 Å². The zero-order valence-corrected chi connectivity index (χ0v) is 20.5. The average Bonchev–Trinajstić information content (AvgIpc) is 3.47. The number of H-pyrrole nitrogens is 2. The van der Waals surface area contributed by atoms with Gasteiger partial charge in [0.1, 0.15) is 18.2 Å². The Hall–Kier alpha value is -3.91. The van der Waals surface area contributed by atoms with Gasteiger partial charge >= 0.3 is 17.8 Å². The minimum atomic E-state index is -5.20. The van der Waals surface area contributed by atoms with Crippen molar-refractivity contribution in [3.63, 3.8) is 0 Å². The van der Waals surface area contributed by atoms with Gasteiger partial charge in [0.15, 0.2) is 23.2 Å². The van der Waals surface area contributed by atoms with Gasteiger partial charge in [-0.1, -0.05) is 0 Å². The Morgan fingerprint density at radius 3 is 2.69 bits per heavy atom. The van der Waals surface area contributed by atoms with Gasteiger partial charge in [-0.05, 0) is 62.4 Å². The van der Waals surface area contributed by atoms with E-state index in [4.69, 9.17) is 9.15 Å². The van der Waals surface area contributed by atoms with Crippen LogP contribution >= 0.6 is 0 Å². The Morgan fingerprint density at radius 2 is 1.95 bits per heavy atom. The molecule has 0 radical (unpaired) electrons. The molecule has 4 N–H and O–H groups in total. The first kappa shape index (κ1) is 26.7. The average molecular weight is 552 g/mol. The fourth-order valence-electron chi connectivity index (χ4n) is 5.01. The highest BCUT2D eigenvalue weighted by atomic mass is 19.4. The van der Waals surface area contributed by atoms with Crippen molar-refractivity contribution in [1.29, 1.82) is 0 Å². The Kier molecular flexibility index (Phi) is 6.84. The molecule has 2 unspecified atom stereocenters. The quantitative estimate of drug-likeness (QED) is 0.155. The first-order valence-electron chi connectivity index (χ1n) is 12.0. The number of aromatic amines is 2. The molecule has 39 heavy (non-hydrogen) atoms. The second kappa shape index (κ2) is 10.0. The summed E-state index contributed by atoms with van der Waals surface area (Å²) in [6.07, 6.45) is -3.39. The van der Waals surface area contributed by atoms with Gasteiger partial charge in [-0.2, -0.15) is 13.2 Å². The maximum Gasteiger partial charge on any atom is 0.491 e. The van der Waals surface area contributed by atoms with Crippen LogP contribution < -0.4 is 20.5 Å². The van der Waals surface area contributed by atoms with E-state index in [0.29, 0.717) is 36.1 Å². The van der Waals surface area contributed by atoms with Crippen LogP contribution in [0.1, 0.15) is 31.2 Å². The van der Waals surface area contributed by atoms with E-state index in [2.05, 4.69) is 25.0 Å². The van der Waals surface area contributed by atoms with Gasteiger partial charge in [0.25, 0.3) is 0 Å². The van der Waals surface area contributed by atoms with E-state index >= 15 is 4.39 Å². The van der Waals surface area contributed by atoms with Crippen LogP contribution in [0.2, 0.25) is 0 Å². The van der Waals surface area contributed by atoms with Gasteiger partial charge in [-0.25, -0.2) is 19.0 Å². The molecule has 0 aliphatic carbocycles. The number of aliphatic hydroxyl groups is 1. The van der Waals surface area contributed by atoms with Gasteiger partial charge in [-0.3, -0.25) is 0 Å². The maximum atomic E-state index is 15.0.